The van der Waals surface area contributed by atoms with Gasteiger partial charge < -0.3 is 23.8 Å². The van der Waals surface area contributed by atoms with Crippen LogP contribution in [0.3, 0.4) is 0 Å². The van der Waals surface area contributed by atoms with Crippen LogP contribution in [0.5, 0.6) is 11.5 Å². The van der Waals surface area contributed by atoms with Crippen LogP contribution in [0.2, 0.25) is 0 Å². The van der Waals surface area contributed by atoms with Gasteiger partial charge in [-0.25, -0.2) is 8.78 Å². The molecule has 0 unspecified atom stereocenters. The third kappa shape index (κ3) is 8.97. The second-order valence-corrected chi connectivity index (χ2v) is 9.29. The summed E-state index contributed by atoms with van der Waals surface area (Å²) in [7, 11) is 0. The highest BCUT2D eigenvalue weighted by molar-refractivity contribution is 5.92. The molecule has 9 heteroatoms. The highest BCUT2D eigenvalue weighted by Gasteiger charge is 2.19. The van der Waals surface area contributed by atoms with E-state index in [2.05, 4.69) is 4.90 Å². The van der Waals surface area contributed by atoms with Crippen molar-refractivity contribution >= 4 is 11.8 Å². The molecular weight excluding hydrogens is 492 g/mol. The molecule has 0 amide bonds. The van der Waals surface area contributed by atoms with Crippen LogP contribution in [-0.2, 0) is 9.47 Å². The SMILES string of the molecule is CCOC(=N)c1ccc(OCCCC2CCN(CCCOc3ccc(C(=N)OCC)c(F)c3)CC2)cc1F. The molecule has 1 heterocycles. The minimum atomic E-state index is -0.516. The molecule has 1 saturated heterocycles. The van der Waals surface area contributed by atoms with Crippen LogP contribution < -0.4 is 9.47 Å². The van der Waals surface area contributed by atoms with Gasteiger partial charge in [-0.1, -0.05) is 0 Å². The van der Waals surface area contributed by atoms with Crippen molar-refractivity contribution in [2.75, 3.05) is 46.1 Å². The Balaban J connectivity index is 1.27. The quantitative estimate of drug-likeness (QED) is 0.177. The minimum absolute atomic E-state index is 0.136. The lowest BCUT2D eigenvalue weighted by Gasteiger charge is -2.32. The van der Waals surface area contributed by atoms with Crippen molar-refractivity contribution < 1.29 is 27.7 Å². The van der Waals surface area contributed by atoms with Crippen molar-refractivity contribution in [3.63, 3.8) is 0 Å². The van der Waals surface area contributed by atoms with Gasteiger partial charge in [0.05, 0.1) is 37.6 Å². The van der Waals surface area contributed by atoms with Crippen molar-refractivity contribution in [3.05, 3.63) is 59.2 Å². The van der Waals surface area contributed by atoms with Crippen LogP contribution >= 0.6 is 0 Å². The molecule has 2 aromatic rings. The van der Waals surface area contributed by atoms with Crippen molar-refractivity contribution in [2.24, 2.45) is 5.92 Å². The summed E-state index contributed by atoms with van der Waals surface area (Å²) in [5, 5.41) is 15.4. The number of likely N-dealkylation sites (tertiary alicyclic amines) is 1. The number of hydrogen-bond donors (Lipinski definition) is 2. The first-order valence-electron chi connectivity index (χ1n) is 13.4. The van der Waals surface area contributed by atoms with Crippen LogP contribution in [-0.4, -0.2) is 62.8 Å². The summed E-state index contributed by atoms with van der Waals surface area (Å²) >= 11 is 0. The van der Waals surface area contributed by atoms with E-state index in [9.17, 15) is 8.78 Å². The zero-order chi connectivity index (χ0) is 27.3. The van der Waals surface area contributed by atoms with E-state index in [1.807, 2.05) is 0 Å². The lowest BCUT2D eigenvalue weighted by atomic mass is 9.92. The first kappa shape index (κ1) is 29.4. The monoisotopic (exact) mass is 531 g/mol. The first-order valence-corrected chi connectivity index (χ1v) is 13.4. The summed E-state index contributed by atoms with van der Waals surface area (Å²) in [6, 6.07) is 9.00. The molecule has 0 aliphatic carbocycles. The predicted octanol–water partition coefficient (Wildman–Crippen LogP) is 6.03. The van der Waals surface area contributed by atoms with Crippen LogP contribution in [0.4, 0.5) is 8.78 Å². The van der Waals surface area contributed by atoms with Crippen molar-refractivity contribution in [2.45, 2.75) is 46.0 Å². The molecule has 0 saturated carbocycles. The molecule has 0 atom stereocenters. The Hall–Kier alpha value is -3.20. The van der Waals surface area contributed by atoms with Crippen LogP contribution in [0.1, 0.15) is 57.1 Å². The lowest BCUT2D eigenvalue weighted by Crippen LogP contribution is -2.35. The highest BCUT2D eigenvalue weighted by atomic mass is 19.1. The molecule has 2 aromatic carbocycles. The Labute approximate surface area is 224 Å². The summed E-state index contributed by atoms with van der Waals surface area (Å²) < 4.78 is 49.9. The van der Waals surface area contributed by atoms with Gasteiger partial charge >= 0.3 is 0 Å². The fourth-order valence-electron chi connectivity index (χ4n) is 4.52. The topological polar surface area (TPSA) is 87.9 Å². The normalized spacial score (nSPS) is 14.2. The molecule has 0 radical (unpaired) electrons. The molecular formula is C29H39F2N3O4. The third-order valence-electron chi connectivity index (χ3n) is 6.57. The van der Waals surface area contributed by atoms with Gasteiger partial charge in [-0.3, -0.25) is 10.8 Å². The standard InChI is InChI=1S/C29H39F2N3O4/c1-3-35-28(32)24-10-8-22(19-26(24)30)37-17-5-7-21-12-15-34(16-13-21)14-6-18-38-23-9-11-25(27(31)20-23)29(33)36-4-2/h8-11,19-21,32-33H,3-7,12-18H2,1-2H3. The summed E-state index contributed by atoms with van der Waals surface area (Å²) in [5.74, 6) is 0.219. The van der Waals surface area contributed by atoms with E-state index < -0.39 is 11.6 Å². The van der Waals surface area contributed by atoms with E-state index in [1.165, 1.54) is 24.3 Å². The lowest BCUT2D eigenvalue weighted by molar-refractivity contribution is 0.161. The van der Waals surface area contributed by atoms with Gasteiger partial charge in [-0.05, 0) is 89.2 Å². The fraction of sp³-hybridized carbons (Fsp3) is 0.517. The number of nitrogens with zero attached hydrogens (tertiary/aromatic N) is 1. The molecule has 208 valence electrons. The van der Waals surface area contributed by atoms with Crippen molar-refractivity contribution in [1.29, 1.82) is 10.8 Å². The number of halogens is 2. The second-order valence-electron chi connectivity index (χ2n) is 9.29. The second kappa shape index (κ2) is 15.3. The number of benzene rings is 2. The number of nitrogens with one attached hydrogen (secondary N) is 2. The average Bonchev–Trinajstić information content (AvgIpc) is 2.90. The maximum atomic E-state index is 14.2. The molecule has 0 aromatic heterocycles. The molecule has 0 bridgehead atoms. The van der Waals surface area contributed by atoms with Crippen LogP contribution in [0.25, 0.3) is 0 Å². The number of rotatable bonds is 14. The largest absolute Gasteiger partial charge is 0.493 e. The summed E-state index contributed by atoms with van der Waals surface area (Å²) in [6.45, 7) is 8.24. The fourth-order valence-corrected chi connectivity index (χ4v) is 4.52. The van der Waals surface area contributed by atoms with Gasteiger partial charge in [-0.2, -0.15) is 0 Å². The smallest absolute Gasteiger partial charge is 0.216 e. The molecule has 1 aliphatic rings. The van der Waals surface area contributed by atoms with E-state index in [1.54, 1.807) is 26.0 Å². The maximum absolute atomic E-state index is 14.2. The zero-order valence-corrected chi connectivity index (χ0v) is 22.4. The summed E-state index contributed by atoms with van der Waals surface area (Å²) in [5.41, 5.74) is 0.275. The van der Waals surface area contributed by atoms with Crippen molar-refractivity contribution in [3.8, 4) is 11.5 Å². The third-order valence-corrected chi connectivity index (χ3v) is 6.57. The zero-order valence-electron chi connectivity index (χ0n) is 22.4. The van der Waals surface area contributed by atoms with Crippen molar-refractivity contribution in [1.82, 2.24) is 4.90 Å². The molecule has 1 aliphatic heterocycles. The summed E-state index contributed by atoms with van der Waals surface area (Å²) in [6.07, 6.45) is 5.13. The van der Waals surface area contributed by atoms with Gasteiger partial charge in [0.15, 0.2) is 0 Å². The van der Waals surface area contributed by atoms with E-state index in [4.69, 9.17) is 29.8 Å². The molecule has 1 fully saturated rings. The van der Waals surface area contributed by atoms with E-state index in [-0.39, 0.29) is 22.9 Å². The molecule has 0 spiro atoms. The van der Waals surface area contributed by atoms with E-state index in [0.717, 1.165) is 51.7 Å². The van der Waals surface area contributed by atoms with Gasteiger partial charge in [0, 0.05) is 18.7 Å². The Kier molecular flexibility index (Phi) is 11.8. The number of ether oxygens (including phenoxy) is 4. The van der Waals surface area contributed by atoms with Gasteiger partial charge in [0.1, 0.15) is 23.1 Å². The highest BCUT2D eigenvalue weighted by Crippen LogP contribution is 2.23. The predicted molar refractivity (Wildman–Crippen MR) is 144 cm³/mol. The average molecular weight is 532 g/mol. The van der Waals surface area contributed by atoms with Gasteiger partial charge in [0.25, 0.3) is 0 Å². The van der Waals surface area contributed by atoms with Crippen LogP contribution in [0, 0.1) is 28.4 Å². The van der Waals surface area contributed by atoms with E-state index in [0.29, 0.717) is 43.8 Å². The molecule has 3 rings (SSSR count). The number of hydrogen-bond acceptors (Lipinski definition) is 7. The number of piperidine rings is 1. The Morgan fingerprint density at radius 2 is 1.32 bits per heavy atom. The molecule has 2 N–H and O–H groups in total. The first-order chi connectivity index (χ1) is 18.4. The Morgan fingerprint density at radius 3 is 1.79 bits per heavy atom. The van der Waals surface area contributed by atoms with Gasteiger partial charge in [0.2, 0.25) is 11.8 Å². The Morgan fingerprint density at radius 1 is 0.816 bits per heavy atom. The maximum Gasteiger partial charge on any atom is 0.216 e. The van der Waals surface area contributed by atoms with Crippen LogP contribution in [0.15, 0.2) is 36.4 Å². The summed E-state index contributed by atoms with van der Waals surface area (Å²) in [4.78, 5) is 2.44. The Bertz CT molecular complexity index is 975. The van der Waals surface area contributed by atoms with Gasteiger partial charge in [-0.15, -0.1) is 0 Å². The van der Waals surface area contributed by atoms with E-state index >= 15 is 0 Å². The minimum Gasteiger partial charge on any atom is -0.493 e. The molecule has 7 nitrogen and oxygen atoms in total. The molecule has 38 heavy (non-hydrogen) atoms.